The summed E-state index contributed by atoms with van der Waals surface area (Å²) in [6, 6.07) is 8.59. The minimum atomic E-state index is -0.224. The molecular formula is C21H24N6O4. The van der Waals surface area contributed by atoms with E-state index < -0.39 is 0 Å². The van der Waals surface area contributed by atoms with Crippen LogP contribution in [0.4, 0.5) is 16.3 Å². The van der Waals surface area contributed by atoms with Gasteiger partial charge in [0.15, 0.2) is 11.5 Å². The number of aromatic nitrogens is 3. The van der Waals surface area contributed by atoms with Gasteiger partial charge < -0.3 is 24.6 Å². The Morgan fingerprint density at radius 2 is 1.74 bits per heavy atom. The summed E-state index contributed by atoms with van der Waals surface area (Å²) in [5.74, 6) is 1.56. The van der Waals surface area contributed by atoms with Crippen LogP contribution in [0.2, 0.25) is 0 Å². The monoisotopic (exact) mass is 424 g/mol. The number of hydrogen-bond acceptors (Lipinski definition) is 7. The van der Waals surface area contributed by atoms with Crippen LogP contribution in [-0.2, 0) is 7.05 Å². The maximum Gasteiger partial charge on any atom is 0.321 e. The molecule has 0 atom stereocenters. The van der Waals surface area contributed by atoms with E-state index in [-0.39, 0.29) is 11.6 Å². The number of urea groups is 1. The molecule has 3 heterocycles. The molecule has 31 heavy (non-hydrogen) atoms. The molecule has 1 fully saturated rings. The Morgan fingerprint density at radius 3 is 2.39 bits per heavy atom. The number of hydrogen-bond donors (Lipinski definition) is 1. The van der Waals surface area contributed by atoms with E-state index in [0.717, 1.165) is 0 Å². The van der Waals surface area contributed by atoms with Crippen molar-refractivity contribution in [1.82, 2.24) is 19.4 Å². The van der Waals surface area contributed by atoms with Crippen LogP contribution >= 0.6 is 0 Å². The van der Waals surface area contributed by atoms with Crippen LogP contribution in [0.25, 0.3) is 11.2 Å². The van der Waals surface area contributed by atoms with Crippen molar-refractivity contribution in [1.29, 1.82) is 0 Å². The van der Waals surface area contributed by atoms with E-state index in [4.69, 9.17) is 9.47 Å². The first-order valence-corrected chi connectivity index (χ1v) is 9.86. The van der Waals surface area contributed by atoms with Gasteiger partial charge in [0.25, 0.3) is 5.56 Å². The van der Waals surface area contributed by atoms with Gasteiger partial charge in [-0.3, -0.25) is 9.36 Å². The third-order valence-corrected chi connectivity index (χ3v) is 5.28. The first-order valence-electron chi connectivity index (χ1n) is 9.86. The zero-order valence-corrected chi connectivity index (χ0v) is 17.7. The summed E-state index contributed by atoms with van der Waals surface area (Å²) in [5.41, 5.74) is 1.59. The number of benzene rings is 1. The molecule has 1 aromatic carbocycles. The third kappa shape index (κ3) is 4.09. The van der Waals surface area contributed by atoms with Crippen molar-refractivity contribution in [3.05, 3.63) is 46.9 Å². The Kier molecular flexibility index (Phi) is 5.61. The average Bonchev–Trinajstić information content (AvgIpc) is 2.81. The summed E-state index contributed by atoms with van der Waals surface area (Å²) in [4.78, 5) is 37.9. The number of ether oxygens (including phenoxy) is 2. The highest BCUT2D eigenvalue weighted by molar-refractivity contribution is 5.90. The number of nitrogens with zero attached hydrogens (tertiary/aromatic N) is 5. The maximum atomic E-state index is 12.8. The molecule has 0 aliphatic carbocycles. The predicted octanol–water partition coefficient (Wildman–Crippen LogP) is 1.70. The molecular weight excluding hydrogens is 400 g/mol. The average molecular weight is 424 g/mol. The molecule has 2 amide bonds. The van der Waals surface area contributed by atoms with Crippen molar-refractivity contribution in [3.63, 3.8) is 0 Å². The number of carbonyl (C=O) groups is 1. The van der Waals surface area contributed by atoms with Crippen LogP contribution in [0.15, 0.2) is 41.3 Å². The number of nitrogens with one attached hydrogen (secondary N) is 1. The highest BCUT2D eigenvalue weighted by Crippen LogP contribution is 2.26. The van der Waals surface area contributed by atoms with Crippen LogP contribution in [0, 0.1) is 0 Å². The quantitative estimate of drug-likeness (QED) is 0.680. The summed E-state index contributed by atoms with van der Waals surface area (Å²) < 4.78 is 12.0. The zero-order valence-electron chi connectivity index (χ0n) is 17.7. The Labute approximate surface area is 179 Å². The van der Waals surface area contributed by atoms with Crippen molar-refractivity contribution >= 4 is 28.7 Å². The molecule has 4 rings (SSSR count). The van der Waals surface area contributed by atoms with Gasteiger partial charge >= 0.3 is 6.03 Å². The minimum absolute atomic E-state index is 0.201. The molecule has 0 saturated carbocycles. The molecule has 0 unspecified atom stereocenters. The second-order valence-electron chi connectivity index (χ2n) is 7.15. The van der Waals surface area contributed by atoms with Gasteiger partial charge in [0.2, 0.25) is 0 Å². The van der Waals surface area contributed by atoms with Crippen LogP contribution in [0.5, 0.6) is 11.5 Å². The molecule has 0 spiro atoms. The summed E-state index contributed by atoms with van der Waals surface area (Å²) >= 11 is 0. The van der Waals surface area contributed by atoms with E-state index >= 15 is 0 Å². The standard InChI is InChI=1S/C21H24N6O4/c1-25-18-17(5-4-6-22-18)24-19(20(25)28)26-7-9-27(10-8-26)21(29)23-14-11-15(30-2)13-16(12-14)31-3/h4-6,11-13H,7-10H2,1-3H3,(H,23,29). The van der Waals surface area contributed by atoms with Crippen molar-refractivity contribution in [2.75, 3.05) is 50.6 Å². The molecule has 1 aliphatic heterocycles. The first kappa shape index (κ1) is 20.5. The van der Waals surface area contributed by atoms with Gasteiger partial charge in [-0.2, -0.15) is 0 Å². The second kappa shape index (κ2) is 8.50. The van der Waals surface area contributed by atoms with Gasteiger partial charge in [-0.15, -0.1) is 0 Å². The van der Waals surface area contributed by atoms with Gasteiger partial charge in [-0.1, -0.05) is 0 Å². The Hall–Kier alpha value is -3.82. The van der Waals surface area contributed by atoms with Gasteiger partial charge in [-0.25, -0.2) is 14.8 Å². The van der Waals surface area contributed by atoms with Crippen LogP contribution in [0.3, 0.4) is 0 Å². The minimum Gasteiger partial charge on any atom is -0.497 e. The van der Waals surface area contributed by atoms with Crippen molar-refractivity contribution < 1.29 is 14.3 Å². The largest absolute Gasteiger partial charge is 0.497 e. The lowest BCUT2D eigenvalue weighted by molar-refractivity contribution is 0.208. The highest BCUT2D eigenvalue weighted by Gasteiger charge is 2.24. The number of anilines is 2. The number of amides is 2. The fraction of sp³-hybridized carbons (Fsp3) is 0.333. The lowest BCUT2D eigenvalue weighted by Crippen LogP contribution is -2.51. The predicted molar refractivity (Wildman–Crippen MR) is 117 cm³/mol. The van der Waals surface area contributed by atoms with Gasteiger partial charge in [0.1, 0.15) is 17.0 Å². The molecule has 2 aromatic heterocycles. The normalized spacial score (nSPS) is 13.9. The van der Waals surface area contributed by atoms with E-state index in [1.807, 2.05) is 11.0 Å². The number of fused-ring (bicyclic) bond motifs is 1. The SMILES string of the molecule is COc1cc(NC(=O)N2CCN(c3nc4cccnc4n(C)c3=O)CC2)cc(OC)c1. The van der Waals surface area contributed by atoms with Gasteiger partial charge in [0.05, 0.1) is 14.2 Å². The Morgan fingerprint density at radius 1 is 1.06 bits per heavy atom. The van der Waals surface area contributed by atoms with E-state index in [2.05, 4.69) is 15.3 Å². The third-order valence-electron chi connectivity index (χ3n) is 5.28. The first-order chi connectivity index (χ1) is 15.0. The number of aryl methyl sites for hydroxylation is 1. The lowest BCUT2D eigenvalue weighted by Gasteiger charge is -2.35. The van der Waals surface area contributed by atoms with Crippen LogP contribution < -0.4 is 25.2 Å². The lowest BCUT2D eigenvalue weighted by atomic mass is 10.2. The number of pyridine rings is 1. The smallest absolute Gasteiger partial charge is 0.321 e. The van der Waals surface area contributed by atoms with E-state index in [1.165, 1.54) is 4.57 Å². The van der Waals surface area contributed by atoms with Crippen molar-refractivity contribution in [2.45, 2.75) is 0 Å². The molecule has 3 aromatic rings. The number of piperazine rings is 1. The summed E-state index contributed by atoms with van der Waals surface area (Å²) in [5, 5.41) is 2.88. The molecule has 10 heteroatoms. The second-order valence-corrected chi connectivity index (χ2v) is 7.15. The fourth-order valence-electron chi connectivity index (χ4n) is 3.55. The highest BCUT2D eigenvalue weighted by atomic mass is 16.5. The summed E-state index contributed by atoms with van der Waals surface area (Å²) in [6.45, 7) is 1.93. The molecule has 1 saturated heterocycles. The number of rotatable bonds is 4. The summed E-state index contributed by atoms with van der Waals surface area (Å²) in [6.07, 6.45) is 1.64. The molecule has 1 N–H and O–H groups in total. The number of methoxy groups -OCH3 is 2. The molecule has 1 aliphatic rings. The fourth-order valence-corrected chi connectivity index (χ4v) is 3.55. The topological polar surface area (TPSA) is 102 Å². The van der Waals surface area contributed by atoms with Crippen LogP contribution in [0.1, 0.15) is 0 Å². The van der Waals surface area contributed by atoms with E-state index in [1.54, 1.807) is 56.6 Å². The Balaban J connectivity index is 1.46. The summed E-state index contributed by atoms with van der Waals surface area (Å²) in [7, 11) is 4.80. The van der Waals surface area contributed by atoms with Crippen molar-refractivity contribution in [2.24, 2.45) is 7.05 Å². The maximum absolute atomic E-state index is 12.8. The zero-order chi connectivity index (χ0) is 22.0. The molecule has 162 valence electrons. The molecule has 10 nitrogen and oxygen atoms in total. The molecule has 0 bridgehead atoms. The van der Waals surface area contributed by atoms with E-state index in [0.29, 0.717) is 60.3 Å². The molecule has 0 radical (unpaired) electrons. The number of carbonyl (C=O) groups excluding carboxylic acids is 1. The Bertz CT molecular complexity index is 1150. The van der Waals surface area contributed by atoms with Crippen LogP contribution in [-0.4, -0.2) is 65.9 Å². The van der Waals surface area contributed by atoms with Gasteiger partial charge in [0, 0.05) is 63.3 Å². The van der Waals surface area contributed by atoms with Gasteiger partial charge in [-0.05, 0) is 12.1 Å². The van der Waals surface area contributed by atoms with E-state index in [9.17, 15) is 9.59 Å². The van der Waals surface area contributed by atoms with Crippen molar-refractivity contribution in [3.8, 4) is 11.5 Å².